The lowest BCUT2D eigenvalue weighted by Crippen LogP contribution is -2.19. The fourth-order valence-corrected chi connectivity index (χ4v) is 3.31. The molecule has 0 aliphatic rings. The van der Waals surface area contributed by atoms with Crippen LogP contribution in [0.2, 0.25) is 10.0 Å². The quantitative estimate of drug-likeness (QED) is 0.371. The number of thioether (sulfide) groups is 1. The van der Waals surface area contributed by atoms with Gasteiger partial charge in [-0.1, -0.05) is 65.3 Å². The van der Waals surface area contributed by atoms with Gasteiger partial charge in [0.15, 0.2) is 11.0 Å². The highest BCUT2D eigenvalue weighted by atomic mass is 35.5. The summed E-state index contributed by atoms with van der Waals surface area (Å²) in [6.45, 7) is 0. The molecule has 1 amide bonds. The molecule has 1 N–H and O–H groups in total. The van der Waals surface area contributed by atoms with Crippen LogP contribution >= 0.6 is 35.0 Å². The number of carbonyl (C=O) groups is 1. The van der Waals surface area contributed by atoms with Gasteiger partial charge in [-0.25, -0.2) is 5.43 Å². The third-order valence-electron chi connectivity index (χ3n) is 3.55. The number of rotatable bonds is 6. The van der Waals surface area contributed by atoms with Crippen LogP contribution in [0.1, 0.15) is 5.56 Å². The zero-order valence-electron chi connectivity index (χ0n) is 14.3. The van der Waals surface area contributed by atoms with Crippen LogP contribution in [0.4, 0.5) is 0 Å². The minimum Gasteiger partial charge on any atom is -0.305 e. The summed E-state index contributed by atoms with van der Waals surface area (Å²) in [5.74, 6) is 0.578. The van der Waals surface area contributed by atoms with Crippen LogP contribution in [0.5, 0.6) is 0 Å². The molecule has 0 aliphatic heterocycles. The lowest BCUT2D eigenvalue weighted by molar-refractivity contribution is -0.118. The van der Waals surface area contributed by atoms with Crippen molar-refractivity contribution in [3.8, 4) is 11.4 Å². The first kappa shape index (κ1) is 19.4. The average molecular weight is 420 g/mol. The molecule has 1 heterocycles. The molecule has 0 saturated heterocycles. The van der Waals surface area contributed by atoms with Crippen molar-refractivity contribution < 1.29 is 4.79 Å². The molecule has 3 rings (SSSR count). The van der Waals surface area contributed by atoms with Crippen molar-refractivity contribution in [3.05, 3.63) is 64.1 Å². The summed E-state index contributed by atoms with van der Waals surface area (Å²) < 4.78 is 1.82. The standard InChI is InChI=1S/C18H15Cl2N5OS/c1-25-17(12-6-4-7-14(19)9-12)23-24-18(25)27-11-16(26)22-21-10-13-5-2-3-8-15(13)20/h2-10H,11H2,1H3,(H,22,26)/b21-10+. The van der Waals surface area contributed by atoms with E-state index in [9.17, 15) is 4.79 Å². The summed E-state index contributed by atoms with van der Waals surface area (Å²) in [7, 11) is 1.84. The number of aromatic nitrogens is 3. The Morgan fingerprint density at radius 2 is 2.04 bits per heavy atom. The van der Waals surface area contributed by atoms with Crippen LogP contribution in [-0.4, -0.2) is 32.6 Å². The van der Waals surface area contributed by atoms with E-state index in [1.807, 2.05) is 48.0 Å². The van der Waals surface area contributed by atoms with Crippen molar-refractivity contribution in [1.29, 1.82) is 0 Å². The van der Waals surface area contributed by atoms with Gasteiger partial charge < -0.3 is 4.57 Å². The van der Waals surface area contributed by atoms with E-state index in [1.54, 1.807) is 12.1 Å². The highest BCUT2D eigenvalue weighted by Gasteiger charge is 2.13. The largest absolute Gasteiger partial charge is 0.305 e. The number of hydrogen-bond donors (Lipinski definition) is 1. The smallest absolute Gasteiger partial charge is 0.250 e. The molecule has 0 atom stereocenters. The Bertz CT molecular complexity index is 989. The number of amides is 1. The zero-order valence-corrected chi connectivity index (χ0v) is 16.6. The average Bonchev–Trinajstić information content (AvgIpc) is 3.02. The van der Waals surface area contributed by atoms with Crippen molar-refractivity contribution in [2.24, 2.45) is 12.1 Å². The van der Waals surface area contributed by atoms with Crippen molar-refractivity contribution in [3.63, 3.8) is 0 Å². The summed E-state index contributed by atoms with van der Waals surface area (Å²) in [4.78, 5) is 12.0. The van der Waals surface area contributed by atoms with Gasteiger partial charge in [-0.05, 0) is 18.2 Å². The van der Waals surface area contributed by atoms with E-state index >= 15 is 0 Å². The second-order valence-electron chi connectivity index (χ2n) is 5.48. The van der Waals surface area contributed by atoms with Crippen molar-refractivity contribution in [1.82, 2.24) is 20.2 Å². The van der Waals surface area contributed by atoms with Gasteiger partial charge in [0.25, 0.3) is 5.91 Å². The Kier molecular flexibility index (Phi) is 6.49. The molecule has 0 fully saturated rings. The first-order chi connectivity index (χ1) is 13.0. The third-order valence-corrected chi connectivity index (χ3v) is 5.15. The number of hydrazone groups is 1. The van der Waals surface area contributed by atoms with Crippen LogP contribution in [0.3, 0.4) is 0 Å². The van der Waals surface area contributed by atoms with Gasteiger partial charge in [0, 0.05) is 28.2 Å². The lowest BCUT2D eigenvalue weighted by Gasteiger charge is -2.04. The minimum absolute atomic E-state index is 0.154. The summed E-state index contributed by atoms with van der Waals surface area (Å²) in [5.41, 5.74) is 4.06. The first-order valence-corrected chi connectivity index (χ1v) is 9.63. The molecule has 0 radical (unpaired) electrons. The van der Waals surface area contributed by atoms with Gasteiger partial charge in [0.2, 0.25) is 0 Å². The maximum atomic E-state index is 12.0. The SMILES string of the molecule is Cn1c(SCC(=O)N/N=C/c2ccccc2Cl)nnc1-c1cccc(Cl)c1. The Labute approximate surface area is 170 Å². The topological polar surface area (TPSA) is 72.2 Å². The minimum atomic E-state index is -0.254. The van der Waals surface area contributed by atoms with Crippen LogP contribution in [0.15, 0.2) is 58.8 Å². The Morgan fingerprint density at radius 1 is 1.22 bits per heavy atom. The Balaban J connectivity index is 1.57. The van der Waals surface area contributed by atoms with E-state index in [0.29, 0.717) is 21.0 Å². The molecule has 0 spiro atoms. The molecule has 6 nitrogen and oxygen atoms in total. The summed E-state index contributed by atoms with van der Waals surface area (Å²) in [6.07, 6.45) is 1.50. The maximum Gasteiger partial charge on any atom is 0.250 e. The molecular formula is C18H15Cl2N5OS. The number of hydrogen-bond acceptors (Lipinski definition) is 5. The van der Waals surface area contributed by atoms with Gasteiger partial charge in [0.05, 0.1) is 12.0 Å². The molecule has 27 heavy (non-hydrogen) atoms. The van der Waals surface area contributed by atoms with Gasteiger partial charge in [-0.3, -0.25) is 4.79 Å². The molecule has 0 aliphatic carbocycles. The molecule has 3 aromatic rings. The van der Waals surface area contributed by atoms with E-state index in [0.717, 1.165) is 11.1 Å². The van der Waals surface area contributed by atoms with Crippen molar-refractivity contribution >= 4 is 47.1 Å². The molecule has 0 unspecified atom stereocenters. The Hall–Kier alpha value is -2.35. The van der Waals surface area contributed by atoms with Crippen LogP contribution in [-0.2, 0) is 11.8 Å². The van der Waals surface area contributed by atoms with Crippen molar-refractivity contribution in [2.45, 2.75) is 5.16 Å². The number of nitrogens with zero attached hydrogens (tertiary/aromatic N) is 4. The van der Waals surface area contributed by atoms with Crippen LogP contribution in [0.25, 0.3) is 11.4 Å². The normalized spacial score (nSPS) is 11.1. The molecule has 138 valence electrons. The summed E-state index contributed by atoms with van der Waals surface area (Å²) in [5, 5.41) is 14.0. The molecular weight excluding hydrogens is 405 g/mol. The van der Waals surface area contributed by atoms with E-state index in [4.69, 9.17) is 23.2 Å². The van der Waals surface area contributed by atoms with Gasteiger partial charge in [-0.15, -0.1) is 10.2 Å². The summed E-state index contributed by atoms with van der Waals surface area (Å²) >= 11 is 13.3. The predicted octanol–water partition coefficient (Wildman–Crippen LogP) is 4.03. The van der Waals surface area contributed by atoms with E-state index < -0.39 is 0 Å². The Morgan fingerprint density at radius 3 is 2.81 bits per heavy atom. The highest BCUT2D eigenvalue weighted by molar-refractivity contribution is 7.99. The van der Waals surface area contributed by atoms with Gasteiger partial charge in [-0.2, -0.15) is 5.10 Å². The van der Waals surface area contributed by atoms with E-state index in [2.05, 4.69) is 20.7 Å². The molecule has 0 bridgehead atoms. The number of halogens is 2. The lowest BCUT2D eigenvalue weighted by atomic mass is 10.2. The maximum absolute atomic E-state index is 12.0. The molecule has 2 aromatic carbocycles. The second-order valence-corrected chi connectivity index (χ2v) is 7.27. The number of nitrogens with one attached hydrogen (secondary N) is 1. The van der Waals surface area contributed by atoms with Gasteiger partial charge in [0.1, 0.15) is 0 Å². The highest BCUT2D eigenvalue weighted by Crippen LogP contribution is 2.24. The molecule has 9 heteroatoms. The molecule has 0 saturated carbocycles. The van der Waals surface area contributed by atoms with E-state index in [-0.39, 0.29) is 11.7 Å². The fraction of sp³-hybridized carbons (Fsp3) is 0.111. The van der Waals surface area contributed by atoms with Crippen LogP contribution < -0.4 is 5.43 Å². The van der Waals surface area contributed by atoms with Gasteiger partial charge >= 0.3 is 0 Å². The molecule has 1 aromatic heterocycles. The predicted molar refractivity (Wildman–Crippen MR) is 109 cm³/mol. The first-order valence-electron chi connectivity index (χ1n) is 7.89. The third kappa shape index (κ3) is 5.09. The van der Waals surface area contributed by atoms with Crippen molar-refractivity contribution in [2.75, 3.05) is 5.75 Å². The fourth-order valence-electron chi connectivity index (χ4n) is 2.24. The van der Waals surface area contributed by atoms with E-state index in [1.165, 1.54) is 18.0 Å². The zero-order chi connectivity index (χ0) is 19.2. The number of benzene rings is 2. The number of carbonyl (C=O) groups excluding carboxylic acids is 1. The monoisotopic (exact) mass is 419 g/mol. The summed E-state index contributed by atoms with van der Waals surface area (Å²) in [6, 6.07) is 14.6. The second kappa shape index (κ2) is 9.03. The van der Waals surface area contributed by atoms with Crippen LogP contribution in [0, 0.1) is 0 Å².